The third-order valence-electron chi connectivity index (χ3n) is 3.58. The van der Waals surface area contributed by atoms with Gasteiger partial charge in [-0.15, -0.1) is 0 Å². The Labute approximate surface area is 159 Å². The van der Waals surface area contributed by atoms with Crippen LogP contribution in [0.4, 0.5) is 5.69 Å². The van der Waals surface area contributed by atoms with E-state index in [-0.39, 0.29) is 0 Å². The highest BCUT2D eigenvalue weighted by atomic mass is 32.1. The van der Waals surface area contributed by atoms with Crippen molar-refractivity contribution >= 4 is 23.0 Å². The lowest BCUT2D eigenvalue weighted by Gasteiger charge is -2.15. The fourth-order valence-electron chi connectivity index (χ4n) is 2.43. The van der Waals surface area contributed by atoms with Gasteiger partial charge in [0.1, 0.15) is 5.75 Å². The second-order valence-electron chi connectivity index (χ2n) is 5.30. The maximum atomic E-state index is 5.49. The molecule has 2 N–H and O–H groups in total. The molecule has 0 heterocycles. The minimum absolute atomic E-state index is 0.507. The minimum atomic E-state index is 0.507. The van der Waals surface area contributed by atoms with Crippen molar-refractivity contribution < 1.29 is 18.9 Å². The molecular formula is C19H24N2O4S. The number of hydrogen-bond acceptors (Lipinski definition) is 5. The van der Waals surface area contributed by atoms with E-state index in [1.54, 1.807) is 21.3 Å². The third-order valence-corrected chi connectivity index (χ3v) is 3.83. The van der Waals surface area contributed by atoms with Gasteiger partial charge in [-0.05, 0) is 49.0 Å². The van der Waals surface area contributed by atoms with Gasteiger partial charge in [0.2, 0.25) is 5.75 Å². The average molecular weight is 376 g/mol. The number of methoxy groups -OCH3 is 3. The number of anilines is 1. The molecule has 0 aliphatic rings. The molecule has 7 heteroatoms. The zero-order chi connectivity index (χ0) is 18.9. The van der Waals surface area contributed by atoms with Crippen LogP contribution in [-0.2, 0) is 6.54 Å². The number of hydrogen-bond donors (Lipinski definition) is 2. The van der Waals surface area contributed by atoms with E-state index in [4.69, 9.17) is 31.2 Å². The summed E-state index contributed by atoms with van der Waals surface area (Å²) in [5.74, 6) is 2.57. The van der Waals surface area contributed by atoms with Crippen LogP contribution in [0.2, 0.25) is 0 Å². The second-order valence-corrected chi connectivity index (χ2v) is 5.71. The Bertz CT molecular complexity index is 727. The van der Waals surface area contributed by atoms with E-state index in [0.717, 1.165) is 17.0 Å². The molecule has 0 unspecified atom stereocenters. The van der Waals surface area contributed by atoms with Gasteiger partial charge >= 0.3 is 0 Å². The van der Waals surface area contributed by atoms with Gasteiger partial charge < -0.3 is 29.6 Å². The molecule has 0 aliphatic carbocycles. The monoisotopic (exact) mass is 376 g/mol. The molecule has 0 atom stereocenters. The van der Waals surface area contributed by atoms with Crippen molar-refractivity contribution in [2.24, 2.45) is 0 Å². The van der Waals surface area contributed by atoms with Gasteiger partial charge in [-0.2, -0.15) is 0 Å². The van der Waals surface area contributed by atoms with Crippen molar-refractivity contribution in [2.75, 3.05) is 33.3 Å². The molecule has 2 rings (SSSR count). The summed E-state index contributed by atoms with van der Waals surface area (Å²) in [6.07, 6.45) is 0. The van der Waals surface area contributed by atoms with Crippen LogP contribution in [0.15, 0.2) is 36.4 Å². The predicted molar refractivity (Wildman–Crippen MR) is 107 cm³/mol. The number of thiocarbonyl (C=S) groups is 1. The topological polar surface area (TPSA) is 61.0 Å². The molecule has 140 valence electrons. The van der Waals surface area contributed by atoms with Crippen LogP contribution in [0.5, 0.6) is 23.0 Å². The van der Waals surface area contributed by atoms with E-state index in [2.05, 4.69) is 10.6 Å². The van der Waals surface area contributed by atoms with E-state index >= 15 is 0 Å². The van der Waals surface area contributed by atoms with Crippen molar-refractivity contribution in [1.29, 1.82) is 0 Å². The first-order valence-electron chi connectivity index (χ1n) is 8.17. The summed E-state index contributed by atoms with van der Waals surface area (Å²) in [4.78, 5) is 0. The molecule has 6 nitrogen and oxygen atoms in total. The van der Waals surface area contributed by atoms with E-state index in [0.29, 0.717) is 35.5 Å². The van der Waals surface area contributed by atoms with Crippen LogP contribution in [0.1, 0.15) is 12.5 Å². The summed E-state index contributed by atoms with van der Waals surface area (Å²) in [6, 6.07) is 11.4. The largest absolute Gasteiger partial charge is 0.494 e. The van der Waals surface area contributed by atoms with Crippen molar-refractivity contribution in [2.45, 2.75) is 13.5 Å². The molecule has 2 aromatic carbocycles. The maximum Gasteiger partial charge on any atom is 0.203 e. The molecule has 0 aromatic heterocycles. The second kappa shape index (κ2) is 9.72. The van der Waals surface area contributed by atoms with Gasteiger partial charge in [0.05, 0.1) is 27.9 Å². The first-order chi connectivity index (χ1) is 12.6. The molecule has 0 spiro atoms. The van der Waals surface area contributed by atoms with Crippen LogP contribution in [-0.4, -0.2) is 33.0 Å². The first kappa shape index (κ1) is 19.7. The van der Waals surface area contributed by atoms with Gasteiger partial charge in [0.25, 0.3) is 0 Å². The maximum absolute atomic E-state index is 5.49. The summed E-state index contributed by atoms with van der Waals surface area (Å²) in [5.41, 5.74) is 1.81. The average Bonchev–Trinajstić information content (AvgIpc) is 2.66. The molecule has 0 radical (unpaired) electrons. The Morgan fingerprint density at radius 1 is 1.00 bits per heavy atom. The van der Waals surface area contributed by atoms with Crippen molar-refractivity contribution in [3.05, 3.63) is 42.0 Å². The highest BCUT2D eigenvalue weighted by Gasteiger charge is 2.13. The fraction of sp³-hybridized carbons (Fsp3) is 0.316. The quantitative estimate of drug-likeness (QED) is 0.683. The van der Waals surface area contributed by atoms with Crippen LogP contribution < -0.4 is 29.6 Å². The summed E-state index contributed by atoms with van der Waals surface area (Å²) < 4.78 is 21.5. The summed E-state index contributed by atoms with van der Waals surface area (Å²) >= 11 is 5.36. The smallest absolute Gasteiger partial charge is 0.203 e. The van der Waals surface area contributed by atoms with Gasteiger partial charge in [0, 0.05) is 18.3 Å². The summed E-state index contributed by atoms with van der Waals surface area (Å²) in [7, 11) is 4.76. The van der Waals surface area contributed by atoms with E-state index < -0.39 is 0 Å². The summed E-state index contributed by atoms with van der Waals surface area (Å²) in [5, 5.41) is 6.82. The number of nitrogens with one attached hydrogen (secondary N) is 2. The Hall–Kier alpha value is -2.67. The van der Waals surface area contributed by atoms with E-state index in [1.165, 1.54) is 0 Å². The number of ether oxygens (including phenoxy) is 4. The van der Waals surface area contributed by atoms with Crippen molar-refractivity contribution in [3.8, 4) is 23.0 Å². The molecular weight excluding hydrogens is 352 g/mol. The predicted octanol–water partition coefficient (Wildman–Crippen LogP) is 3.60. The lowest BCUT2D eigenvalue weighted by Crippen LogP contribution is -2.27. The molecule has 0 fully saturated rings. The van der Waals surface area contributed by atoms with Crippen molar-refractivity contribution in [3.63, 3.8) is 0 Å². The van der Waals surface area contributed by atoms with Crippen LogP contribution in [0, 0.1) is 0 Å². The molecule has 0 aliphatic heterocycles. The Morgan fingerprint density at radius 2 is 1.69 bits per heavy atom. The SMILES string of the molecule is CCOc1cccc(NC(=S)NCc2cc(OC)c(OC)c(OC)c2)c1. The highest BCUT2D eigenvalue weighted by Crippen LogP contribution is 2.38. The molecule has 0 bridgehead atoms. The lowest BCUT2D eigenvalue weighted by atomic mass is 10.2. The minimum Gasteiger partial charge on any atom is -0.494 e. The molecule has 0 saturated carbocycles. The van der Waals surface area contributed by atoms with Gasteiger partial charge in [-0.25, -0.2) is 0 Å². The standard InChI is InChI=1S/C19H24N2O4S/c1-5-25-15-8-6-7-14(11-15)21-19(26)20-12-13-9-16(22-2)18(24-4)17(10-13)23-3/h6-11H,5,12H2,1-4H3,(H2,20,21,26). The third kappa shape index (κ3) is 5.16. The lowest BCUT2D eigenvalue weighted by molar-refractivity contribution is 0.323. The zero-order valence-electron chi connectivity index (χ0n) is 15.4. The van der Waals surface area contributed by atoms with Crippen LogP contribution >= 0.6 is 12.2 Å². The van der Waals surface area contributed by atoms with Crippen LogP contribution in [0.3, 0.4) is 0 Å². The van der Waals surface area contributed by atoms with Gasteiger partial charge in [0.15, 0.2) is 16.6 Å². The Kier molecular flexibility index (Phi) is 7.35. The molecule has 0 amide bonds. The van der Waals surface area contributed by atoms with Crippen LogP contribution in [0.25, 0.3) is 0 Å². The summed E-state index contributed by atoms with van der Waals surface area (Å²) in [6.45, 7) is 3.07. The van der Waals surface area contributed by atoms with Gasteiger partial charge in [-0.3, -0.25) is 0 Å². The van der Waals surface area contributed by atoms with Gasteiger partial charge in [-0.1, -0.05) is 6.07 Å². The fourth-order valence-corrected chi connectivity index (χ4v) is 2.62. The molecule has 26 heavy (non-hydrogen) atoms. The Balaban J connectivity index is 2.02. The first-order valence-corrected chi connectivity index (χ1v) is 8.58. The van der Waals surface area contributed by atoms with E-state index in [9.17, 15) is 0 Å². The molecule has 0 saturated heterocycles. The molecule has 2 aromatic rings. The zero-order valence-corrected chi connectivity index (χ0v) is 16.2. The highest BCUT2D eigenvalue weighted by molar-refractivity contribution is 7.80. The number of rotatable bonds is 8. The number of benzene rings is 2. The van der Waals surface area contributed by atoms with Crippen molar-refractivity contribution in [1.82, 2.24) is 5.32 Å². The van der Waals surface area contributed by atoms with E-state index in [1.807, 2.05) is 43.3 Å². The normalized spacial score (nSPS) is 10.0. The Morgan fingerprint density at radius 3 is 2.27 bits per heavy atom.